The Balaban J connectivity index is 3.02. The quantitative estimate of drug-likeness (QED) is 0.888. The molecule has 0 heterocycles. The van der Waals surface area contributed by atoms with Gasteiger partial charge in [0.2, 0.25) is 0 Å². The van der Waals surface area contributed by atoms with Crippen molar-refractivity contribution in [3.05, 3.63) is 29.3 Å². The lowest BCUT2D eigenvalue weighted by Crippen LogP contribution is -2.48. The van der Waals surface area contributed by atoms with E-state index < -0.39 is 18.8 Å². The van der Waals surface area contributed by atoms with Crippen molar-refractivity contribution in [2.24, 2.45) is 5.73 Å². The van der Waals surface area contributed by atoms with Crippen LogP contribution in [0.2, 0.25) is 0 Å². The first kappa shape index (κ1) is 13.8. The van der Waals surface area contributed by atoms with Crippen LogP contribution in [-0.2, 0) is 0 Å². The molecular formula is C12H17F3N2. The van der Waals surface area contributed by atoms with Gasteiger partial charge in [-0.2, -0.15) is 13.2 Å². The Bertz CT molecular complexity index is 388. The first-order valence-corrected chi connectivity index (χ1v) is 5.34. The second-order valence-electron chi connectivity index (χ2n) is 4.17. The summed E-state index contributed by atoms with van der Waals surface area (Å²) in [5.74, 6) is 0. The van der Waals surface area contributed by atoms with E-state index in [2.05, 4.69) is 0 Å². The Kier molecular flexibility index (Phi) is 4.03. The minimum Gasteiger partial charge on any atom is -0.362 e. The molecule has 1 unspecified atom stereocenters. The molecule has 0 aliphatic rings. The first-order chi connectivity index (χ1) is 7.77. The monoisotopic (exact) mass is 246 g/mol. The number of halogens is 3. The molecule has 0 fully saturated rings. The number of rotatable bonds is 3. The average Bonchev–Trinajstić information content (AvgIpc) is 2.20. The van der Waals surface area contributed by atoms with Gasteiger partial charge >= 0.3 is 6.18 Å². The lowest BCUT2D eigenvalue weighted by Gasteiger charge is -2.31. The SMILES string of the molecule is Cc1ccc(N(C)C(CN)C(F)(F)F)cc1C. The molecule has 0 aromatic heterocycles. The number of nitrogens with two attached hydrogens (primary N) is 1. The lowest BCUT2D eigenvalue weighted by atomic mass is 10.1. The topological polar surface area (TPSA) is 29.3 Å². The molecule has 1 atom stereocenters. The van der Waals surface area contributed by atoms with E-state index in [1.807, 2.05) is 19.9 Å². The lowest BCUT2D eigenvalue weighted by molar-refractivity contribution is -0.145. The minimum absolute atomic E-state index is 0.451. The van der Waals surface area contributed by atoms with E-state index in [0.29, 0.717) is 5.69 Å². The molecule has 0 spiro atoms. The third-order valence-electron chi connectivity index (χ3n) is 2.97. The van der Waals surface area contributed by atoms with Crippen LogP contribution in [0.15, 0.2) is 18.2 Å². The van der Waals surface area contributed by atoms with Gasteiger partial charge < -0.3 is 10.6 Å². The molecule has 1 aromatic rings. The molecule has 2 N–H and O–H groups in total. The van der Waals surface area contributed by atoms with E-state index in [1.54, 1.807) is 12.1 Å². The molecule has 0 aliphatic carbocycles. The fourth-order valence-electron chi connectivity index (χ4n) is 1.64. The molecule has 2 nitrogen and oxygen atoms in total. The van der Waals surface area contributed by atoms with Crippen molar-refractivity contribution < 1.29 is 13.2 Å². The summed E-state index contributed by atoms with van der Waals surface area (Å²) >= 11 is 0. The summed E-state index contributed by atoms with van der Waals surface area (Å²) in [6, 6.07) is 3.58. The molecule has 0 saturated heterocycles. The molecule has 1 aromatic carbocycles. The molecular weight excluding hydrogens is 229 g/mol. The molecule has 17 heavy (non-hydrogen) atoms. The van der Waals surface area contributed by atoms with Crippen molar-refractivity contribution in [3.63, 3.8) is 0 Å². The summed E-state index contributed by atoms with van der Waals surface area (Å²) in [5, 5.41) is 0. The van der Waals surface area contributed by atoms with Crippen LogP contribution in [0.4, 0.5) is 18.9 Å². The van der Waals surface area contributed by atoms with E-state index in [0.717, 1.165) is 11.1 Å². The number of likely N-dealkylation sites (N-methyl/N-ethyl adjacent to an activating group) is 1. The fourth-order valence-corrected chi connectivity index (χ4v) is 1.64. The molecule has 0 saturated carbocycles. The second kappa shape index (κ2) is 4.96. The maximum absolute atomic E-state index is 12.7. The average molecular weight is 246 g/mol. The van der Waals surface area contributed by atoms with Crippen LogP contribution < -0.4 is 10.6 Å². The van der Waals surface area contributed by atoms with Gasteiger partial charge in [0, 0.05) is 19.3 Å². The zero-order valence-corrected chi connectivity index (χ0v) is 10.2. The Morgan fingerprint density at radius 1 is 1.24 bits per heavy atom. The highest BCUT2D eigenvalue weighted by Crippen LogP contribution is 2.28. The number of nitrogens with zero attached hydrogens (tertiary/aromatic N) is 1. The van der Waals surface area contributed by atoms with Crippen molar-refractivity contribution in [3.8, 4) is 0 Å². The summed E-state index contributed by atoms with van der Waals surface area (Å²) in [7, 11) is 1.41. The summed E-state index contributed by atoms with van der Waals surface area (Å²) < 4.78 is 38.1. The summed E-state index contributed by atoms with van der Waals surface area (Å²) in [6.07, 6.45) is -4.32. The van der Waals surface area contributed by atoms with Crippen LogP contribution in [0, 0.1) is 13.8 Å². The highest BCUT2D eigenvalue weighted by molar-refractivity contribution is 5.51. The van der Waals surface area contributed by atoms with E-state index in [-0.39, 0.29) is 0 Å². The fraction of sp³-hybridized carbons (Fsp3) is 0.500. The highest BCUT2D eigenvalue weighted by atomic mass is 19.4. The first-order valence-electron chi connectivity index (χ1n) is 5.34. The molecule has 0 bridgehead atoms. The zero-order valence-electron chi connectivity index (χ0n) is 10.2. The number of anilines is 1. The van der Waals surface area contributed by atoms with E-state index in [9.17, 15) is 13.2 Å². The van der Waals surface area contributed by atoms with Crippen molar-refractivity contribution in [2.45, 2.75) is 26.1 Å². The molecule has 0 amide bonds. The third kappa shape index (κ3) is 3.12. The van der Waals surface area contributed by atoms with Gasteiger partial charge in [0.05, 0.1) is 0 Å². The van der Waals surface area contributed by atoms with E-state index in [1.165, 1.54) is 11.9 Å². The van der Waals surface area contributed by atoms with E-state index >= 15 is 0 Å². The van der Waals surface area contributed by atoms with Crippen molar-refractivity contribution >= 4 is 5.69 Å². The number of alkyl halides is 3. The van der Waals surface area contributed by atoms with Crippen molar-refractivity contribution in [2.75, 3.05) is 18.5 Å². The van der Waals surface area contributed by atoms with Gasteiger partial charge in [0.1, 0.15) is 6.04 Å². The molecule has 1 rings (SSSR count). The van der Waals surface area contributed by atoms with Gasteiger partial charge in [-0.1, -0.05) is 6.07 Å². The van der Waals surface area contributed by atoms with Crippen LogP contribution in [0.1, 0.15) is 11.1 Å². The van der Waals surface area contributed by atoms with Gasteiger partial charge in [-0.3, -0.25) is 0 Å². The molecule has 5 heteroatoms. The molecule has 96 valence electrons. The van der Waals surface area contributed by atoms with E-state index in [4.69, 9.17) is 5.73 Å². The second-order valence-corrected chi connectivity index (χ2v) is 4.17. The standard InChI is InChI=1S/C12H17F3N2/c1-8-4-5-10(6-9(8)2)17(3)11(7-16)12(13,14)15/h4-6,11H,7,16H2,1-3H3. The number of aryl methyl sites for hydroxylation is 2. The van der Waals surface area contributed by atoms with Crippen molar-refractivity contribution in [1.29, 1.82) is 0 Å². The Morgan fingerprint density at radius 2 is 1.82 bits per heavy atom. The summed E-state index contributed by atoms with van der Waals surface area (Å²) in [5.41, 5.74) is 7.75. The predicted molar refractivity (Wildman–Crippen MR) is 63.2 cm³/mol. The third-order valence-corrected chi connectivity index (χ3v) is 2.97. The predicted octanol–water partition coefficient (Wildman–Crippen LogP) is 2.63. The number of hydrogen-bond acceptors (Lipinski definition) is 2. The van der Waals surface area contributed by atoms with Crippen molar-refractivity contribution in [1.82, 2.24) is 0 Å². The number of hydrogen-bond donors (Lipinski definition) is 1. The summed E-state index contributed by atoms with van der Waals surface area (Å²) in [6.45, 7) is 3.34. The largest absolute Gasteiger partial charge is 0.409 e. The highest BCUT2D eigenvalue weighted by Gasteiger charge is 2.41. The van der Waals surface area contributed by atoms with Crippen LogP contribution in [0.5, 0.6) is 0 Å². The Morgan fingerprint density at radius 3 is 2.24 bits per heavy atom. The smallest absolute Gasteiger partial charge is 0.362 e. The Labute approximate surface area is 99.2 Å². The normalized spacial score (nSPS) is 13.6. The van der Waals surface area contributed by atoms with Crippen LogP contribution in [-0.4, -0.2) is 25.8 Å². The number of benzene rings is 1. The zero-order chi connectivity index (χ0) is 13.2. The minimum atomic E-state index is -4.32. The van der Waals surface area contributed by atoms with Crippen LogP contribution in [0.3, 0.4) is 0 Å². The van der Waals surface area contributed by atoms with Crippen LogP contribution in [0.25, 0.3) is 0 Å². The van der Waals surface area contributed by atoms with Gasteiger partial charge in [-0.05, 0) is 37.1 Å². The molecule has 0 radical (unpaired) electrons. The molecule has 0 aliphatic heterocycles. The summed E-state index contributed by atoms with van der Waals surface area (Å²) in [4.78, 5) is 1.17. The van der Waals surface area contributed by atoms with Gasteiger partial charge in [-0.15, -0.1) is 0 Å². The van der Waals surface area contributed by atoms with Gasteiger partial charge in [0.25, 0.3) is 0 Å². The van der Waals surface area contributed by atoms with Gasteiger partial charge in [-0.25, -0.2) is 0 Å². The maximum atomic E-state index is 12.7. The van der Waals surface area contributed by atoms with Gasteiger partial charge in [0.15, 0.2) is 0 Å². The van der Waals surface area contributed by atoms with Crippen LogP contribution >= 0.6 is 0 Å². The maximum Gasteiger partial charge on any atom is 0.409 e. The Hall–Kier alpha value is -1.23.